The first kappa shape index (κ1) is 30.4. The summed E-state index contributed by atoms with van der Waals surface area (Å²) >= 11 is -0.643. The number of hydrogen-bond donors (Lipinski definition) is 0. The van der Waals surface area contributed by atoms with E-state index in [0.717, 1.165) is 0 Å². The fourth-order valence-corrected chi connectivity index (χ4v) is 10.8. The molecule has 0 amide bonds. The summed E-state index contributed by atoms with van der Waals surface area (Å²) in [7, 11) is 7.14. The Bertz CT molecular complexity index is 230. The monoisotopic (exact) mass is 586 g/mol. The molecule has 0 atom stereocenters. The molecular weight excluding hydrogens is 544 g/mol. The second kappa shape index (κ2) is 19.4. The number of rotatable bonds is 6. The van der Waals surface area contributed by atoms with Crippen molar-refractivity contribution < 1.29 is 18.2 Å². The van der Waals surface area contributed by atoms with Crippen molar-refractivity contribution in [3.05, 3.63) is 0 Å². The van der Waals surface area contributed by atoms with Crippen LogP contribution in [0.4, 0.5) is 0 Å². The van der Waals surface area contributed by atoms with Crippen molar-refractivity contribution >= 4 is 45.1 Å². The van der Waals surface area contributed by atoms with Gasteiger partial charge in [-0.1, -0.05) is 0 Å². The third-order valence-electron chi connectivity index (χ3n) is 2.42. The Labute approximate surface area is 166 Å². The normalized spacial score (nSPS) is 11.8. The van der Waals surface area contributed by atoms with E-state index in [0.29, 0.717) is 37.1 Å². The van der Waals surface area contributed by atoms with Crippen molar-refractivity contribution in [2.75, 3.05) is 78.0 Å². The Morgan fingerprint density at radius 1 is 0.652 bits per heavy atom. The van der Waals surface area contributed by atoms with Gasteiger partial charge in [0.05, 0.1) is 0 Å². The SMILES string of the molecule is CC(C)(C)[CH]=[Ta][Cl].CP(C)CCP(C)C.CP(C)CCP(C)C. The standard InChI is InChI=1S/2C6H16P2.C5H10.ClH.Ta/c2*1-7(2)5-6-8(3)4;1-5(2,3)4;;/h2*5-6H2,1-4H3;1H,2-4H3;1H;/q;;;;+1/p-1. The molecule has 0 unspecified atom stereocenters. The van der Waals surface area contributed by atoms with Crippen molar-refractivity contribution in [3.63, 3.8) is 0 Å². The molecule has 0 saturated heterocycles. The first-order chi connectivity index (χ1) is 10.3. The van der Waals surface area contributed by atoms with Crippen LogP contribution in [0.25, 0.3) is 0 Å². The Morgan fingerprint density at radius 2 is 0.870 bits per heavy atom. The van der Waals surface area contributed by atoms with Crippen molar-refractivity contribution in [2.24, 2.45) is 5.41 Å². The largest absolute Gasteiger partial charge is 0.113 e. The van der Waals surface area contributed by atoms with Crippen LogP contribution in [0.3, 0.4) is 0 Å². The molecule has 0 aromatic heterocycles. The molecule has 142 valence electrons. The fraction of sp³-hybridized carbons (Fsp3) is 0.941. The Morgan fingerprint density at radius 3 is 0.913 bits per heavy atom. The first-order valence-corrected chi connectivity index (χ1v) is 23.6. The summed E-state index contributed by atoms with van der Waals surface area (Å²) in [5.74, 6) is 0. The maximum absolute atomic E-state index is 5.61. The van der Waals surface area contributed by atoms with Crippen LogP contribution < -0.4 is 0 Å². The Balaban J connectivity index is -0.000000262. The van der Waals surface area contributed by atoms with Gasteiger partial charge in [0, 0.05) is 0 Å². The predicted octanol–water partition coefficient (Wildman–Crippen LogP) is 7.01. The van der Waals surface area contributed by atoms with Crippen LogP contribution in [-0.4, -0.2) is 82.2 Å². The zero-order valence-corrected chi connectivity index (χ0v) is 25.1. The van der Waals surface area contributed by atoms with Gasteiger partial charge in [-0.15, -0.1) is 31.7 Å². The molecule has 0 aliphatic heterocycles. The van der Waals surface area contributed by atoms with E-state index in [1.165, 1.54) is 24.6 Å². The van der Waals surface area contributed by atoms with Gasteiger partial charge < -0.3 is 0 Å². The average Bonchev–Trinajstić information content (AvgIpc) is 2.34. The van der Waals surface area contributed by atoms with E-state index in [4.69, 9.17) is 9.19 Å². The number of halogens is 1. The molecule has 0 rings (SSSR count). The molecule has 0 radical (unpaired) electrons. The molecule has 0 fully saturated rings. The van der Waals surface area contributed by atoms with Crippen LogP contribution in [-0.2, 0) is 18.2 Å². The molecule has 0 N–H and O–H groups in total. The van der Waals surface area contributed by atoms with Gasteiger partial charge in [-0.3, -0.25) is 0 Å². The smallest absolute Gasteiger partial charge is 0.0292 e. The second-order valence-corrected chi connectivity index (χ2v) is 21.5. The Hall–Kier alpha value is 2.62. The summed E-state index contributed by atoms with van der Waals surface area (Å²) in [4.78, 5) is 0. The van der Waals surface area contributed by atoms with E-state index in [1.807, 2.05) is 0 Å². The van der Waals surface area contributed by atoms with Crippen molar-refractivity contribution in [1.29, 1.82) is 0 Å². The third kappa shape index (κ3) is 45.6. The van der Waals surface area contributed by atoms with Gasteiger partial charge in [-0.05, 0) is 78.0 Å². The Kier molecular flexibility index (Phi) is 25.6. The molecule has 0 aromatic carbocycles. The number of hydrogen-bond acceptors (Lipinski definition) is 0. The van der Waals surface area contributed by atoms with E-state index < -0.39 is 18.2 Å². The molecule has 0 aromatic rings. The van der Waals surface area contributed by atoms with Gasteiger partial charge in [-0.25, -0.2) is 0 Å². The van der Waals surface area contributed by atoms with Gasteiger partial charge >= 0.3 is 57.8 Å². The van der Waals surface area contributed by atoms with Gasteiger partial charge in [0.2, 0.25) is 0 Å². The maximum atomic E-state index is 5.61. The summed E-state index contributed by atoms with van der Waals surface area (Å²) < 4.78 is 2.26. The molecule has 0 bridgehead atoms. The quantitative estimate of drug-likeness (QED) is 0.294. The molecule has 6 heteroatoms. The summed E-state index contributed by atoms with van der Waals surface area (Å²) in [6.07, 6.45) is 5.92. The van der Waals surface area contributed by atoms with Crippen LogP contribution in [0.5, 0.6) is 0 Å². The van der Waals surface area contributed by atoms with E-state index in [9.17, 15) is 0 Å². The topological polar surface area (TPSA) is 0 Å². The average molecular weight is 587 g/mol. The van der Waals surface area contributed by atoms with E-state index in [-0.39, 0.29) is 0 Å². The van der Waals surface area contributed by atoms with Crippen molar-refractivity contribution in [3.8, 4) is 0 Å². The van der Waals surface area contributed by atoms with Gasteiger partial charge in [-0.2, -0.15) is 0 Å². The van der Waals surface area contributed by atoms with E-state index in [1.54, 1.807) is 0 Å². The first-order valence-electron chi connectivity index (χ1n) is 8.06. The zero-order chi connectivity index (χ0) is 19.1. The summed E-state index contributed by atoms with van der Waals surface area (Å²) in [6, 6.07) is 0. The van der Waals surface area contributed by atoms with Gasteiger partial charge in [0.25, 0.3) is 0 Å². The molecule has 0 saturated carbocycles. The third-order valence-corrected chi connectivity index (χ3v) is 11.5. The molecular formula is C17H42ClP4Ta. The molecule has 0 aliphatic carbocycles. The molecule has 0 heterocycles. The van der Waals surface area contributed by atoms with Gasteiger partial charge in [0.1, 0.15) is 0 Å². The van der Waals surface area contributed by atoms with Crippen molar-refractivity contribution in [1.82, 2.24) is 0 Å². The van der Waals surface area contributed by atoms with Crippen LogP contribution >= 0.6 is 40.9 Å². The maximum Gasteiger partial charge on any atom is -0.0292 e. The fourth-order valence-electron chi connectivity index (χ4n) is 0.946. The summed E-state index contributed by atoms with van der Waals surface area (Å²) in [6.45, 7) is 25.4. The van der Waals surface area contributed by atoms with Crippen LogP contribution in [0.15, 0.2) is 0 Å². The molecule has 0 aliphatic rings. The minimum atomic E-state index is -0.643. The van der Waals surface area contributed by atoms with Crippen molar-refractivity contribution in [2.45, 2.75) is 20.8 Å². The molecule has 0 spiro atoms. The molecule has 23 heavy (non-hydrogen) atoms. The predicted molar refractivity (Wildman–Crippen MR) is 126 cm³/mol. The minimum Gasteiger partial charge on any atom is -0.113 e. The van der Waals surface area contributed by atoms with Crippen LogP contribution in [0.2, 0.25) is 0 Å². The van der Waals surface area contributed by atoms with Crippen LogP contribution in [0.1, 0.15) is 20.8 Å². The van der Waals surface area contributed by atoms with Gasteiger partial charge in [0.15, 0.2) is 0 Å². The summed E-state index contributed by atoms with van der Waals surface area (Å²) in [5.41, 5.74) is 0.374. The van der Waals surface area contributed by atoms with E-state index >= 15 is 0 Å². The van der Waals surface area contributed by atoms with Crippen LogP contribution in [0, 0.1) is 5.41 Å². The van der Waals surface area contributed by atoms with E-state index in [2.05, 4.69) is 78.3 Å². The summed E-state index contributed by atoms with van der Waals surface area (Å²) in [5, 5.41) is 0. The second-order valence-electron chi connectivity index (χ2n) is 7.81. The molecule has 0 nitrogen and oxygen atoms in total. The zero-order valence-electron chi connectivity index (χ0n) is 17.5. The minimum absolute atomic E-state index is 0.374.